The second-order valence-corrected chi connectivity index (χ2v) is 7.83. The number of likely N-dealkylation sites (N-methyl/N-ethyl adjacent to an activating group) is 1. The van der Waals surface area contributed by atoms with Crippen LogP contribution < -0.4 is 0 Å². The number of hydrogen-bond acceptors (Lipinski definition) is 3. The molecule has 0 aliphatic heterocycles. The maximum absolute atomic E-state index is 12.8. The average Bonchev–Trinajstić information content (AvgIpc) is 3.27. The number of nitrogens with zero attached hydrogens (tertiary/aromatic N) is 1. The Hall–Kier alpha value is -3.11. The molecule has 29 heavy (non-hydrogen) atoms. The smallest absolute Gasteiger partial charge is 0.409 e. The van der Waals surface area contributed by atoms with Crippen LogP contribution in [0.5, 0.6) is 0 Å². The maximum atomic E-state index is 12.8. The number of benzene rings is 3. The van der Waals surface area contributed by atoms with E-state index in [2.05, 4.69) is 24.3 Å². The van der Waals surface area contributed by atoms with Crippen molar-refractivity contribution in [2.75, 3.05) is 13.7 Å². The van der Waals surface area contributed by atoms with Gasteiger partial charge >= 0.3 is 6.09 Å². The normalized spacial score (nSPS) is 19.4. The van der Waals surface area contributed by atoms with Gasteiger partial charge in [-0.25, -0.2) is 4.79 Å². The minimum Gasteiger partial charge on any atom is -0.448 e. The molecule has 0 fully saturated rings. The fraction of sp³-hybridized carbons (Fsp3) is 0.240. The minimum absolute atomic E-state index is 0.0328. The van der Waals surface area contributed by atoms with Crippen LogP contribution in [0.25, 0.3) is 11.1 Å². The van der Waals surface area contributed by atoms with E-state index in [0.717, 1.165) is 11.1 Å². The Morgan fingerprint density at radius 2 is 1.48 bits per heavy atom. The van der Waals surface area contributed by atoms with Crippen molar-refractivity contribution < 1.29 is 14.6 Å². The molecule has 0 spiro atoms. The van der Waals surface area contributed by atoms with Crippen molar-refractivity contribution in [3.63, 3.8) is 0 Å². The Bertz CT molecular complexity index is 1030. The Morgan fingerprint density at radius 1 is 0.931 bits per heavy atom. The van der Waals surface area contributed by atoms with Crippen LogP contribution >= 0.6 is 0 Å². The van der Waals surface area contributed by atoms with Gasteiger partial charge in [-0.3, -0.25) is 0 Å². The molecule has 0 saturated heterocycles. The lowest BCUT2D eigenvalue weighted by Gasteiger charge is -2.27. The molecule has 2 aliphatic rings. The topological polar surface area (TPSA) is 49.8 Å². The molecule has 0 unspecified atom stereocenters. The number of hydrogen-bond donors (Lipinski definition) is 1. The summed E-state index contributed by atoms with van der Waals surface area (Å²) in [6, 6.07) is 24.1. The van der Waals surface area contributed by atoms with E-state index in [0.29, 0.717) is 6.42 Å². The number of rotatable bonds is 3. The molecule has 5 rings (SSSR count). The third kappa shape index (κ3) is 2.91. The van der Waals surface area contributed by atoms with Crippen molar-refractivity contribution in [3.8, 4) is 11.1 Å². The molecule has 0 heterocycles. The summed E-state index contributed by atoms with van der Waals surface area (Å²) in [6.45, 7) is 0.285. The Kier molecular flexibility index (Phi) is 4.36. The molecular formula is C25H23NO3. The number of aliphatic hydroxyl groups is 1. The van der Waals surface area contributed by atoms with E-state index in [1.165, 1.54) is 27.2 Å². The van der Waals surface area contributed by atoms with Gasteiger partial charge < -0.3 is 14.7 Å². The SMILES string of the molecule is CN(C(=O)OCC1c2ccccc2-c2ccccc21)[C@@H]1Cc2ccccc2[C@@H]1O. The second-order valence-electron chi connectivity index (χ2n) is 7.83. The predicted octanol–water partition coefficient (Wildman–Crippen LogP) is 4.53. The summed E-state index contributed by atoms with van der Waals surface area (Å²) in [5, 5.41) is 10.7. The first-order chi connectivity index (χ1) is 14.1. The summed E-state index contributed by atoms with van der Waals surface area (Å²) in [7, 11) is 1.71. The van der Waals surface area contributed by atoms with Crippen LogP contribution in [0.2, 0.25) is 0 Å². The quantitative estimate of drug-likeness (QED) is 0.721. The van der Waals surface area contributed by atoms with Crippen molar-refractivity contribution in [1.82, 2.24) is 4.90 Å². The van der Waals surface area contributed by atoms with E-state index in [-0.39, 0.29) is 18.6 Å². The van der Waals surface area contributed by atoms with Crippen molar-refractivity contribution in [2.45, 2.75) is 24.5 Å². The highest BCUT2D eigenvalue weighted by atomic mass is 16.6. The molecule has 0 radical (unpaired) electrons. The minimum atomic E-state index is -0.684. The predicted molar refractivity (Wildman–Crippen MR) is 112 cm³/mol. The lowest BCUT2D eigenvalue weighted by atomic mass is 9.98. The number of carbonyl (C=O) groups excluding carboxylic acids is 1. The fourth-order valence-corrected chi connectivity index (χ4v) is 4.73. The van der Waals surface area contributed by atoms with Gasteiger partial charge in [0.05, 0.1) is 6.04 Å². The first-order valence-electron chi connectivity index (χ1n) is 9.99. The Morgan fingerprint density at radius 3 is 2.10 bits per heavy atom. The highest BCUT2D eigenvalue weighted by molar-refractivity contribution is 5.79. The van der Waals surface area contributed by atoms with Gasteiger partial charge in [0.2, 0.25) is 0 Å². The zero-order chi connectivity index (χ0) is 20.0. The van der Waals surface area contributed by atoms with Crippen molar-refractivity contribution in [1.29, 1.82) is 0 Å². The van der Waals surface area contributed by atoms with Crippen LogP contribution in [0.4, 0.5) is 4.79 Å². The van der Waals surface area contributed by atoms with Crippen LogP contribution in [-0.2, 0) is 11.2 Å². The summed E-state index contributed by atoms with van der Waals surface area (Å²) >= 11 is 0. The molecular weight excluding hydrogens is 362 g/mol. The van der Waals surface area contributed by atoms with E-state index in [9.17, 15) is 9.90 Å². The standard InChI is InChI=1S/C25H23NO3/c1-26(23-14-16-8-2-3-9-17(16)24(23)27)25(28)29-15-22-20-12-6-4-10-18(20)19-11-5-7-13-21(19)22/h2-13,22-24,27H,14-15H2,1H3/t23-,24+/m1/s1. The molecule has 146 valence electrons. The molecule has 2 aliphatic carbocycles. The number of carbonyl (C=O) groups is 1. The first kappa shape index (κ1) is 18.0. The van der Waals surface area contributed by atoms with Gasteiger partial charge in [-0.05, 0) is 39.8 Å². The molecule has 2 atom stereocenters. The van der Waals surface area contributed by atoms with Crippen molar-refractivity contribution in [2.24, 2.45) is 0 Å². The summed E-state index contributed by atoms with van der Waals surface area (Å²) in [4.78, 5) is 14.3. The Labute approximate surface area is 170 Å². The van der Waals surface area contributed by atoms with Gasteiger partial charge in [0.25, 0.3) is 0 Å². The molecule has 0 aromatic heterocycles. The van der Waals surface area contributed by atoms with E-state index in [1.54, 1.807) is 7.05 Å². The van der Waals surface area contributed by atoms with Crippen molar-refractivity contribution in [3.05, 3.63) is 95.1 Å². The highest BCUT2D eigenvalue weighted by Crippen LogP contribution is 2.44. The lowest BCUT2D eigenvalue weighted by molar-refractivity contribution is 0.0514. The molecule has 1 N–H and O–H groups in total. The highest BCUT2D eigenvalue weighted by Gasteiger charge is 2.37. The zero-order valence-corrected chi connectivity index (χ0v) is 16.3. The first-order valence-corrected chi connectivity index (χ1v) is 9.99. The number of ether oxygens (including phenoxy) is 1. The summed E-state index contributed by atoms with van der Waals surface area (Å²) in [5.74, 6) is 0.0328. The summed E-state index contributed by atoms with van der Waals surface area (Å²) in [5.41, 5.74) is 6.78. The third-order valence-electron chi connectivity index (χ3n) is 6.29. The molecule has 4 nitrogen and oxygen atoms in total. The largest absolute Gasteiger partial charge is 0.448 e. The van der Waals surface area contributed by atoms with Crippen LogP contribution in [0, 0.1) is 0 Å². The van der Waals surface area contributed by atoms with Gasteiger partial charge in [-0.15, -0.1) is 0 Å². The summed E-state index contributed by atoms with van der Waals surface area (Å²) in [6.07, 6.45) is -0.446. The molecule has 3 aromatic carbocycles. The van der Waals surface area contributed by atoms with E-state index in [1.807, 2.05) is 48.5 Å². The second kappa shape index (κ2) is 7.05. The van der Waals surface area contributed by atoms with E-state index >= 15 is 0 Å². The van der Waals surface area contributed by atoms with Crippen LogP contribution in [0.1, 0.15) is 34.3 Å². The van der Waals surface area contributed by atoms with Gasteiger partial charge in [0.15, 0.2) is 0 Å². The average molecular weight is 385 g/mol. The number of amides is 1. The lowest BCUT2D eigenvalue weighted by Crippen LogP contribution is -2.40. The van der Waals surface area contributed by atoms with E-state index in [4.69, 9.17) is 4.74 Å². The van der Waals surface area contributed by atoms with Crippen LogP contribution in [0.15, 0.2) is 72.8 Å². The molecule has 1 amide bonds. The summed E-state index contributed by atoms with van der Waals surface area (Å²) < 4.78 is 5.74. The Balaban J connectivity index is 1.32. The van der Waals surface area contributed by atoms with Crippen LogP contribution in [0.3, 0.4) is 0 Å². The zero-order valence-electron chi connectivity index (χ0n) is 16.3. The monoisotopic (exact) mass is 385 g/mol. The molecule has 0 saturated carbocycles. The molecule has 4 heteroatoms. The fourth-order valence-electron chi connectivity index (χ4n) is 4.73. The third-order valence-corrected chi connectivity index (χ3v) is 6.29. The van der Waals surface area contributed by atoms with Crippen molar-refractivity contribution >= 4 is 6.09 Å². The number of aliphatic hydroxyl groups excluding tert-OH is 1. The van der Waals surface area contributed by atoms with E-state index < -0.39 is 12.2 Å². The van der Waals surface area contributed by atoms with Gasteiger partial charge in [-0.2, -0.15) is 0 Å². The molecule has 3 aromatic rings. The van der Waals surface area contributed by atoms with Gasteiger partial charge in [0.1, 0.15) is 12.7 Å². The van der Waals surface area contributed by atoms with Crippen LogP contribution in [-0.4, -0.2) is 35.8 Å². The maximum Gasteiger partial charge on any atom is 0.409 e. The van der Waals surface area contributed by atoms with Gasteiger partial charge in [-0.1, -0.05) is 72.8 Å². The molecule has 0 bridgehead atoms. The number of fused-ring (bicyclic) bond motifs is 4. The van der Waals surface area contributed by atoms with Gasteiger partial charge in [0, 0.05) is 13.0 Å².